The van der Waals surface area contributed by atoms with Gasteiger partial charge in [0.15, 0.2) is 0 Å². The highest BCUT2D eigenvalue weighted by Gasteiger charge is 2.23. The third-order valence-corrected chi connectivity index (χ3v) is 6.37. The van der Waals surface area contributed by atoms with Crippen molar-refractivity contribution in [3.63, 3.8) is 0 Å². The molecule has 0 spiro atoms. The summed E-state index contributed by atoms with van der Waals surface area (Å²) < 4.78 is 6.26. The van der Waals surface area contributed by atoms with E-state index in [1.165, 1.54) is 5.56 Å². The second kappa shape index (κ2) is 5.92. The topological polar surface area (TPSA) is 9.23 Å². The quantitative estimate of drug-likeness (QED) is 0.715. The molecular formula is C16H27OSi. The van der Waals surface area contributed by atoms with E-state index >= 15 is 0 Å². The van der Waals surface area contributed by atoms with Crippen LogP contribution in [0.1, 0.15) is 54.0 Å². The Morgan fingerprint density at radius 2 is 1.67 bits per heavy atom. The van der Waals surface area contributed by atoms with Crippen molar-refractivity contribution in [1.29, 1.82) is 0 Å². The van der Waals surface area contributed by atoms with E-state index in [1.54, 1.807) is 0 Å². The summed E-state index contributed by atoms with van der Waals surface area (Å²) >= 11 is 0. The summed E-state index contributed by atoms with van der Waals surface area (Å²) in [5.41, 5.74) is 2.78. The van der Waals surface area contributed by atoms with Crippen LogP contribution in [0.25, 0.3) is 0 Å². The van der Waals surface area contributed by atoms with E-state index in [4.69, 9.17) is 4.43 Å². The van der Waals surface area contributed by atoms with E-state index in [1.807, 2.05) is 6.07 Å². The van der Waals surface area contributed by atoms with Crippen molar-refractivity contribution in [2.24, 2.45) is 0 Å². The average Bonchev–Trinajstić information content (AvgIpc) is 2.24. The maximum absolute atomic E-state index is 6.26. The van der Waals surface area contributed by atoms with Crippen LogP contribution in [-0.2, 0) is 5.41 Å². The van der Waals surface area contributed by atoms with Crippen molar-refractivity contribution < 1.29 is 4.43 Å². The summed E-state index contributed by atoms with van der Waals surface area (Å²) in [5, 5.41) is 0. The summed E-state index contributed by atoms with van der Waals surface area (Å²) in [5.74, 6) is 0.932. The third-order valence-electron chi connectivity index (χ3n) is 3.22. The zero-order chi connectivity index (χ0) is 13.9. The van der Waals surface area contributed by atoms with Gasteiger partial charge < -0.3 is 4.43 Å². The van der Waals surface area contributed by atoms with Crippen molar-refractivity contribution in [2.75, 3.05) is 0 Å². The standard InChI is InChI=1S/C16H27OSi/c1-12(2)18(13(3)4)17-15-10-8-9-14(11-15)16(5,6)7/h8-9,11-13,18H,1-7H3. The summed E-state index contributed by atoms with van der Waals surface area (Å²) in [4.78, 5) is 0. The smallest absolute Gasteiger partial charge is 0.240 e. The lowest BCUT2D eigenvalue weighted by Gasteiger charge is -2.26. The predicted octanol–water partition coefficient (Wildman–Crippen LogP) is 4.71. The molecule has 0 fully saturated rings. The molecule has 0 atom stereocenters. The van der Waals surface area contributed by atoms with Gasteiger partial charge in [-0.05, 0) is 28.1 Å². The molecule has 1 rings (SSSR count). The molecule has 1 nitrogen and oxygen atoms in total. The fourth-order valence-corrected chi connectivity index (χ4v) is 4.68. The number of hydrogen-bond acceptors (Lipinski definition) is 1. The molecule has 0 saturated carbocycles. The minimum absolute atomic E-state index is 0.167. The largest absolute Gasteiger partial charge is 0.545 e. The summed E-state index contributed by atoms with van der Waals surface area (Å²) in [6, 6.07) is 9.51. The Morgan fingerprint density at radius 1 is 1.11 bits per heavy atom. The lowest BCUT2D eigenvalue weighted by Crippen LogP contribution is -2.29. The molecule has 0 heterocycles. The molecule has 1 radical (unpaired) electrons. The minimum atomic E-state index is -1.21. The van der Waals surface area contributed by atoms with Crippen LogP contribution in [0.5, 0.6) is 5.75 Å². The molecule has 1 aromatic rings. The van der Waals surface area contributed by atoms with Crippen LogP contribution in [0, 0.1) is 6.07 Å². The Balaban J connectivity index is 2.91. The Morgan fingerprint density at radius 3 is 2.11 bits per heavy atom. The van der Waals surface area contributed by atoms with Crippen LogP contribution in [-0.4, -0.2) is 9.04 Å². The van der Waals surface area contributed by atoms with E-state index in [0.29, 0.717) is 11.1 Å². The van der Waals surface area contributed by atoms with Crippen LogP contribution in [0.15, 0.2) is 18.2 Å². The van der Waals surface area contributed by atoms with Gasteiger partial charge in [0.05, 0.1) is 0 Å². The second-order valence-corrected chi connectivity index (χ2v) is 10.6. The fraction of sp³-hybridized carbons (Fsp3) is 0.625. The molecular weight excluding hydrogens is 236 g/mol. The van der Waals surface area contributed by atoms with Gasteiger partial charge in [-0.25, -0.2) is 0 Å². The molecule has 0 aliphatic heterocycles. The Bertz CT molecular complexity index is 369. The van der Waals surface area contributed by atoms with E-state index < -0.39 is 9.04 Å². The van der Waals surface area contributed by atoms with Gasteiger partial charge >= 0.3 is 0 Å². The first-order valence-corrected chi connectivity index (χ1v) is 8.71. The van der Waals surface area contributed by atoms with Crippen molar-refractivity contribution in [3.8, 4) is 5.75 Å². The highest BCUT2D eigenvalue weighted by molar-refractivity contribution is 6.55. The van der Waals surface area contributed by atoms with Crippen molar-refractivity contribution in [2.45, 2.75) is 65.0 Å². The first-order valence-electron chi connectivity index (χ1n) is 6.90. The zero-order valence-corrected chi connectivity index (χ0v) is 14.0. The first-order chi connectivity index (χ1) is 8.21. The predicted molar refractivity (Wildman–Crippen MR) is 82.0 cm³/mol. The molecule has 0 unspecified atom stereocenters. The normalized spacial score (nSPS) is 12.6. The SMILES string of the molecule is CC(C)[SiH](Oc1[c]ccc(C(C)(C)C)c1)C(C)C. The second-order valence-electron chi connectivity index (χ2n) is 6.76. The maximum atomic E-state index is 6.26. The third kappa shape index (κ3) is 4.16. The van der Waals surface area contributed by atoms with Gasteiger partial charge in [-0.15, -0.1) is 0 Å². The fourth-order valence-electron chi connectivity index (χ4n) is 2.17. The molecule has 0 aromatic heterocycles. The van der Waals surface area contributed by atoms with Crippen LogP contribution in [0.3, 0.4) is 0 Å². The van der Waals surface area contributed by atoms with Crippen LogP contribution >= 0.6 is 0 Å². The zero-order valence-electron chi connectivity index (χ0n) is 12.9. The Kier molecular flexibility index (Phi) is 5.03. The molecule has 1 aromatic carbocycles. The summed E-state index contributed by atoms with van der Waals surface area (Å²) in [6.07, 6.45) is 0. The summed E-state index contributed by atoms with van der Waals surface area (Å²) in [6.45, 7) is 15.8. The molecule has 0 N–H and O–H groups in total. The lowest BCUT2D eigenvalue weighted by atomic mass is 9.87. The molecule has 0 saturated heterocycles. The van der Waals surface area contributed by atoms with Crippen molar-refractivity contribution in [1.82, 2.24) is 0 Å². The van der Waals surface area contributed by atoms with Gasteiger partial charge in [-0.3, -0.25) is 0 Å². The van der Waals surface area contributed by atoms with Gasteiger partial charge in [0.25, 0.3) is 0 Å². The van der Waals surface area contributed by atoms with Crippen LogP contribution in [0.2, 0.25) is 11.1 Å². The Labute approximate surface area is 114 Å². The van der Waals surface area contributed by atoms with Crippen molar-refractivity contribution >= 4 is 9.04 Å². The van der Waals surface area contributed by atoms with Gasteiger partial charge in [0, 0.05) is 6.07 Å². The molecule has 2 heteroatoms. The number of rotatable bonds is 4. The molecule has 0 amide bonds. The highest BCUT2D eigenvalue weighted by Crippen LogP contribution is 2.28. The highest BCUT2D eigenvalue weighted by atomic mass is 28.3. The Hall–Kier alpha value is -0.763. The number of hydrogen-bond donors (Lipinski definition) is 0. The molecule has 0 aliphatic carbocycles. The first kappa shape index (κ1) is 15.3. The average molecular weight is 263 g/mol. The van der Waals surface area contributed by atoms with Gasteiger partial charge in [0.1, 0.15) is 5.75 Å². The number of benzene rings is 1. The van der Waals surface area contributed by atoms with E-state index in [2.05, 4.69) is 66.7 Å². The van der Waals surface area contributed by atoms with Crippen molar-refractivity contribution in [3.05, 3.63) is 29.8 Å². The molecule has 101 valence electrons. The minimum Gasteiger partial charge on any atom is -0.545 e. The lowest BCUT2D eigenvalue weighted by molar-refractivity contribution is 0.527. The van der Waals surface area contributed by atoms with E-state index in [0.717, 1.165) is 5.75 Å². The maximum Gasteiger partial charge on any atom is 0.240 e. The molecule has 0 bridgehead atoms. The van der Waals surface area contributed by atoms with Crippen LogP contribution in [0.4, 0.5) is 0 Å². The summed E-state index contributed by atoms with van der Waals surface area (Å²) in [7, 11) is -1.21. The van der Waals surface area contributed by atoms with E-state index in [9.17, 15) is 0 Å². The monoisotopic (exact) mass is 263 g/mol. The molecule has 0 aliphatic rings. The van der Waals surface area contributed by atoms with Gasteiger partial charge in [-0.1, -0.05) is 60.6 Å². The van der Waals surface area contributed by atoms with E-state index in [-0.39, 0.29) is 5.41 Å². The van der Waals surface area contributed by atoms with Gasteiger partial charge in [0.2, 0.25) is 9.04 Å². The van der Waals surface area contributed by atoms with Crippen LogP contribution < -0.4 is 4.43 Å². The molecule has 18 heavy (non-hydrogen) atoms. The van der Waals surface area contributed by atoms with Gasteiger partial charge in [-0.2, -0.15) is 0 Å².